The number of aliphatic hydroxyl groups excluding tert-OH is 1. The molecule has 1 amide bonds. The lowest BCUT2D eigenvalue weighted by Gasteiger charge is -2.28. The molecule has 0 saturated heterocycles. The summed E-state index contributed by atoms with van der Waals surface area (Å²) >= 11 is 0. The molecule has 0 aliphatic heterocycles. The Balaban J connectivity index is 2.61. The molecule has 5 nitrogen and oxygen atoms in total. The summed E-state index contributed by atoms with van der Waals surface area (Å²) in [5.41, 5.74) is 0. The van der Waals surface area contributed by atoms with Crippen LogP contribution in [0.2, 0.25) is 0 Å². The summed E-state index contributed by atoms with van der Waals surface area (Å²) in [4.78, 5) is 23.0. The molecule has 1 fully saturated rings. The van der Waals surface area contributed by atoms with E-state index in [0.717, 1.165) is 12.8 Å². The number of amides is 1. The maximum absolute atomic E-state index is 12.0. The van der Waals surface area contributed by atoms with Crippen molar-refractivity contribution in [2.45, 2.75) is 45.1 Å². The summed E-state index contributed by atoms with van der Waals surface area (Å²) in [7, 11) is 0. The van der Waals surface area contributed by atoms with Crippen LogP contribution in [0, 0.1) is 11.8 Å². The first-order valence-corrected chi connectivity index (χ1v) is 6.24. The zero-order valence-electron chi connectivity index (χ0n) is 10.2. The van der Waals surface area contributed by atoms with Crippen molar-refractivity contribution < 1.29 is 19.8 Å². The first-order chi connectivity index (χ1) is 8.10. The topological polar surface area (TPSA) is 86.6 Å². The standard InChI is InChI=1S/C12H21NO4/c1-2-8(7-14)13-11(15)9-5-3-4-6-10(9)12(16)17/h8-10,14H,2-7H2,1H3,(H,13,15)(H,16,17)/t8?,9-,10+/m1/s1. The number of rotatable bonds is 5. The smallest absolute Gasteiger partial charge is 0.307 e. The summed E-state index contributed by atoms with van der Waals surface area (Å²) in [5.74, 6) is -2.12. The second kappa shape index (κ2) is 6.59. The molecular weight excluding hydrogens is 222 g/mol. The summed E-state index contributed by atoms with van der Waals surface area (Å²) in [6.07, 6.45) is 3.62. The van der Waals surface area contributed by atoms with Crippen LogP contribution in [-0.4, -0.2) is 34.7 Å². The van der Waals surface area contributed by atoms with Crippen LogP contribution in [0.4, 0.5) is 0 Å². The van der Waals surface area contributed by atoms with E-state index in [9.17, 15) is 9.59 Å². The van der Waals surface area contributed by atoms with E-state index in [-0.39, 0.29) is 18.6 Å². The maximum Gasteiger partial charge on any atom is 0.307 e. The minimum Gasteiger partial charge on any atom is -0.481 e. The van der Waals surface area contributed by atoms with Gasteiger partial charge in [-0.05, 0) is 19.3 Å². The molecule has 3 N–H and O–H groups in total. The second-order valence-electron chi connectivity index (χ2n) is 4.63. The van der Waals surface area contributed by atoms with Crippen LogP contribution in [-0.2, 0) is 9.59 Å². The molecule has 5 heteroatoms. The number of carbonyl (C=O) groups is 2. The van der Waals surface area contributed by atoms with E-state index in [2.05, 4.69) is 5.32 Å². The normalized spacial score (nSPS) is 26.2. The molecule has 0 heterocycles. The van der Waals surface area contributed by atoms with Gasteiger partial charge in [0.2, 0.25) is 5.91 Å². The Morgan fingerprint density at radius 2 is 1.88 bits per heavy atom. The number of aliphatic hydroxyl groups is 1. The van der Waals surface area contributed by atoms with Crippen molar-refractivity contribution in [1.82, 2.24) is 5.32 Å². The number of hydrogen-bond acceptors (Lipinski definition) is 3. The Bertz CT molecular complexity index is 276. The van der Waals surface area contributed by atoms with Gasteiger partial charge in [-0.3, -0.25) is 9.59 Å². The lowest BCUT2D eigenvalue weighted by atomic mass is 9.78. The fourth-order valence-electron chi connectivity index (χ4n) is 2.33. The molecule has 1 rings (SSSR count). The molecule has 98 valence electrons. The number of carboxylic acid groups (broad SMARTS) is 1. The molecule has 1 aliphatic rings. The van der Waals surface area contributed by atoms with Crippen LogP contribution in [0.3, 0.4) is 0 Å². The Hall–Kier alpha value is -1.10. The molecule has 0 radical (unpaired) electrons. The van der Waals surface area contributed by atoms with Gasteiger partial charge in [-0.15, -0.1) is 0 Å². The van der Waals surface area contributed by atoms with Crippen molar-refractivity contribution in [3.8, 4) is 0 Å². The molecule has 0 aromatic heterocycles. The van der Waals surface area contributed by atoms with Gasteiger partial charge in [0, 0.05) is 0 Å². The molecule has 1 aliphatic carbocycles. The summed E-state index contributed by atoms with van der Waals surface area (Å²) in [5, 5.41) is 20.8. The average Bonchev–Trinajstić information content (AvgIpc) is 2.35. The Kier molecular flexibility index (Phi) is 5.41. The molecule has 0 spiro atoms. The highest BCUT2D eigenvalue weighted by Crippen LogP contribution is 2.30. The van der Waals surface area contributed by atoms with E-state index in [0.29, 0.717) is 19.3 Å². The minimum absolute atomic E-state index is 0.104. The molecular formula is C12H21NO4. The lowest BCUT2D eigenvalue weighted by molar-refractivity contribution is -0.149. The van der Waals surface area contributed by atoms with Gasteiger partial charge in [0.05, 0.1) is 24.5 Å². The van der Waals surface area contributed by atoms with Gasteiger partial charge in [0.25, 0.3) is 0 Å². The van der Waals surface area contributed by atoms with Crippen molar-refractivity contribution >= 4 is 11.9 Å². The highest BCUT2D eigenvalue weighted by molar-refractivity contribution is 5.85. The Morgan fingerprint density at radius 3 is 2.35 bits per heavy atom. The number of carboxylic acids is 1. The third-order valence-electron chi connectivity index (χ3n) is 3.48. The molecule has 1 unspecified atom stereocenters. The van der Waals surface area contributed by atoms with Crippen LogP contribution in [0.5, 0.6) is 0 Å². The predicted molar refractivity (Wildman–Crippen MR) is 62.4 cm³/mol. The van der Waals surface area contributed by atoms with Crippen molar-refractivity contribution in [2.24, 2.45) is 11.8 Å². The fourth-order valence-corrected chi connectivity index (χ4v) is 2.33. The minimum atomic E-state index is -0.887. The van der Waals surface area contributed by atoms with E-state index in [4.69, 9.17) is 10.2 Å². The average molecular weight is 243 g/mol. The predicted octanol–water partition coefficient (Wildman–Crippen LogP) is 0.764. The van der Waals surface area contributed by atoms with Gasteiger partial charge < -0.3 is 15.5 Å². The van der Waals surface area contributed by atoms with Crippen LogP contribution in [0.25, 0.3) is 0 Å². The molecule has 0 aromatic rings. The Labute approximate surface area is 101 Å². The zero-order valence-corrected chi connectivity index (χ0v) is 10.2. The van der Waals surface area contributed by atoms with Gasteiger partial charge >= 0.3 is 5.97 Å². The first-order valence-electron chi connectivity index (χ1n) is 6.24. The number of hydrogen-bond donors (Lipinski definition) is 3. The third-order valence-corrected chi connectivity index (χ3v) is 3.48. The number of nitrogens with one attached hydrogen (secondary N) is 1. The van der Waals surface area contributed by atoms with Crippen LogP contribution in [0.15, 0.2) is 0 Å². The molecule has 0 bridgehead atoms. The van der Waals surface area contributed by atoms with Crippen molar-refractivity contribution in [3.05, 3.63) is 0 Å². The van der Waals surface area contributed by atoms with Gasteiger partial charge in [-0.1, -0.05) is 19.8 Å². The largest absolute Gasteiger partial charge is 0.481 e. The van der Waals surface area contributed by atoms with Gasteiger partial charge in [-0.25, -0.2) is 0 Å². The second-order valence-corrected chi connectivity index (χ2v) is 4.63. The summed E-state index contributed by atoms with van der Waals surface area (Å²) < 4.78 is 0. The van der Waals surface area contributed by atoms with Gasteiger partial charge in [0.1, 0.15) is 0 Å². The van der Waals surface area contributed by atoms with Gasteiger partial charge in [0.15, 0.2) is 0 Å². The highest BCUT2D eigenvalue weighted by atomic mass is 16.4. The van der Waals surface area contributed by atoms with E-state index in [1.54, 1.807) is 0 Å². The summed E-state index contributed by atoms with van der Waals surface area (Å²) in [6.45, 7) is 1.77. The molecule has 17 heavy (non-hydrogen) atoms. The highest BCUT2D eigenvalue weighted by Gasteiger charge is 2.36. The maximum atomic E-state index is 12.0. The fraction of sp³-hybridized carbons (Fsp3) is 0.833. The monoisotopic (exact) mass is 243 g/mol. The van der Waals surface area contributed by atoms with Crippen molar-refractivity contribution in [1.29, 1.82) is 0 Å². The van der Waals surface area contributed by atoms with E-state index >= 15 is 0 Å². The molecule has 3 atom stereocenters. The van der Waals surface area contributed by atoms with E-state index < -0.39 is 17.8 Å². The third kappa shape index (κ3) is 3.70. The quantitative estimate of drug-likeness (QED) is 0.665. The van der Waals surface area contributed by atoms with Crippen LogP contribution >= 0.6 is 0 Å². The van der Waals surface area contributed by atoms with Gasteiger partial charge in [-0.2, -0.15) is 0 Å². The van der Waals surface area contributed by atoms with Crippen LogP contribution < -0.4 is 5.32 Å². The SMILES string of the molecule is CCC(CO)NC(=O)[C@@H]1CCCC[C@@H]1C(=O)O. The Morgan fingerprint density at radius 1 is 1.29 bits per heavy atom. The summed E-state index contributed by atoms with van der Waals surface area (Å²) in [6, 6.07) is -0.265. The lowest BCUT2D eigenvalue weighted by Crippen LogP contribution is -2.45. The van der Waals surface area contributed by atoms with Crippen molar-refractivity contribution in [3.63, 3.8) is 0 Å². The van der Waals surface area contributed by atoms with E-state index in [1.807, 2.05) is 6.92 Å². The van der Waals surface area contributed by atoms with Crippen molar-refractivity contribution in [2.75, 3.05) is 6.61 Å². The zero-order chi connectivity index (χ0) is 12.8. The van der Waals surface area contributed by atoms with Crippen LogP contribution in [0.1, 0.15) is 39.0 Å². The molecule has 0 aromatic carbocycles. The van der Waals surface area contributed by atoms with E-state index in [1.165, 1.54) is 0 Å². The first kappa shape index (κ1) is 14.0. The number of aliphatic carboxylic acids is 1. The molecule has 1 saturated carbocycles. The number of carbonyl (C=O) groups excluding carboxylic acids is 1.